The van der Waals surface area contributed by atoms with Crippen molar-refractivity contribution < 1.29 is 4.79 Å². The molecule has 0 aliphatic carbocycles. The van der Waals surface area contributed by atoms with E-state index < -0.39 is 0 Å². The minimum Gasteiger partial charge on any atom is -0.316 e. The fourth-order valence-corrected chi connectivity index (χ4v) is 2.46. The number of anilines is 1. The van der Waals surface area contributed by atoms with Gasteiger partial charge >= 0.3 is 0 Å². The summed E-state index contributed by atoms with van der Waals surface area (Å²) in [6.07, 6.45) is 0.515. The minimum absolute atomic E-state index is 0.0370. The van der Waals surface area contributed by atoms with Gasteiger partial charge in [0, 0.05) is 26.1 Å². The molecular formula is C14H19ClN2O. The molecule has 1 heterocycles. The summed E-state index contributed by atoms with van der Waals surface area (Å²) >= 11 is 6.20. The summed E-state index contributed by atoms with van der Waals surface area (Å²) in [5.41, 5.74) is 0.856. The molecule has 2 rings (SSSR count). The fourth-order valence-electron chi connectivity index (χ4n) is 2.22. The Balaban J connectivity index is 2.32. The van der Waals surface area contributed by atoms with Crippen LogP contribution in [0.15, 0.2) is 24.3 Å². The van der Waals surface area contributed by atoms with Gasteiger partial charge in [-0.05, 0) is 17.5 Å². The second kappa shape index (κ2) is 5.29. The van der Waals surface area contributed by atoms with Crippen LogP contribution in [-0.2, 0) is 4.79 Å². The number of benzene rings is 1. The topological polar surface area (TPSA) is 32.3 Å². The largest absolute Gasteiger partial charge is 0.316 e. The maximum atomic E-state index is 12.2. The van der Waals surface area contributed by atoms with Crippen molar-refractivity contribution in [2.45, 2.75) is 20.3 Å². The lowest BCUT2D eigenvalue weighted by atomic mass is 9.91. The van der Waals surface area contributed by atoms with Crippen molar-refractivity contribution >= 4 is 23.2 Å². The third-order valence-corrected chi connectivity index (χ3v) is 3.47. The molecule has 0 aromatic heterocycles. The first-order valence-corrected chi connectivity index (χ1v) is 6.63. The number of nitrogens with zero attached hydrogens (tertiary/aromatic N) is 1. The van der Waals surface area contributed by atoms with E-state index in [9.17, 15) is 4.79 Å². The number of amides is 1. The van der Waals surface area contributed by atoms with Crippen LogP contribution in [0.3, 0.4) is 0 Å². The molecule has 1 aliphatic heterocycles. The molecule has 1 aliphatic rings. The van der Waals surface area contributed by atoms with Crippen LogP contribution in [0, 0.1) is 5.41 Å². The van der Waals surface area contributed by atoms with Crippen LogP contribution in [0.4, 0.5) is 5.69 Å². The molecule has 1 N–H and O–H groups in total. The quantitative estimate of drug-likeness (QED) is 0.848. The average molecular weight is 267 g/mol. The van der Waals surface area contributed by atoms with Gasteiger partial charge in [-0.3, -0.25) is 4.79 Å². The van der Waals surface area contributed by atoms with Crippen LogP contribution >= 0.6 is 11.6 Å². The normalized spacial score (nSPS) is 20.4. The van der Waals surface area contributed by atoms with Crippen LogP contribution in [-0.4, -0.2) is 25.5 Å². The van der Waals surface area contributed by atoms with Gasteiger partial charge in [-0.2, -0.15) is 0 Å². The van der Waals surface area contributed by atoms with E-state index in [0.29, 0.717) is 18.0 Å². The number of hydrogen-bond acceptors (Lipinski definition) is 2. The van der Waals surface area contributed by atoms with Gasteiger partial charge in [0.15, 0.2) is 0 Å². The Morgan fingerprint density at radius 1 is 1.33 bits per heavy atom. The van der Waals surface area contributed by atoms with Gasteiger partial charge in [-0.15, -0.1) is 0 Å². The molecule has 0 spiro atoms. The van der Waals surface area contributed by atoms with Crippen molar-refractivity contribution in [3.05, 3.63) is 29.3 Å². The smallest absolute Gasteiger partial charge is 0.228 e. The van der Waals surface area contributed by atoms with E-state index in [-0.39, 0.29) is 11.3 Å². The number of carbonyl (C=O) groups excluding carboxylic acids is 1. The second-order valence-electron chi connectivity index (χ2n) is 5.52. The van der Waals surface area contributed by atoms with Gasteiger partial charge in [-0.1, -0.05) is 37.6 Å². The third kappa shape index (κ3) is 3.03. The number of para-hydroxylation sites is 1. The molecule has 0 bridgehead atoms. The number of halogens is 1. The van der Waals surface area contributed by atoms with E-state index in [1.165, 1.54) is 0 Å². The molecule has 0 saturated carbocycles. The molecule has 1 aromatic carbocycles. The molecule has 0 atom stereocenters. The van der Waals surface area contributed by atoms with Gasteiger partial charge in [0.2, 0.25) is 5.91 Å². The summed E-state index contributed by atoms with van der Waals surface area (Å²) in [5, 5.41) is 3.95. The van der Waals surface area contributed by atoms with E-state index >= 15 is 0 Å². The molecule has 1 saturated heterocycles. The summed E-state index contributed by atoms with van der Waals surface area (Å²) < 4.78 is 0. The van der Waals surface area contributed by atoms with Crippen molar-refractivity contribution in [1.29, 1.82) is 0 Å². The third-order valence-electron chi connectivity index (χ3n) is 3.15. The van der Waals surface area contributed by atoms with Crippen molar-refractivity contribution in [3.8, 4) is 0 Å². The zero-order valence-electron chi connectivity index (χ0n) is 10.9. The highest BCUT2D eigenvalue weighted by atomic mass is 35.5. The molecule has 1 fully saturated rings. The molecule has 3 nitrogen and oxygen atoms in total. The van der Waals surface area contributed by atoms with E-state index in [1.54, 1.807) is 0 Å². The highest BCUT2D eigenvalue weighted by molar-refractivity contribution is 6.33. The lowest BCUT2D eigenvalue weighted by molar-refractivity contribution is -0.119. The number of hydrogen-bond donors (Lipinski definition) is 1. The number of rotatable bonds is 1. The maximum Gasteiger partial charge on any atom is 0.228 e. The van der Waals surface area contributed by atoms with E-state index in [4.69, 9.17) is 11.6 Å². The first-order valence-electron chi connectivity index (χ1n) is 6.25. The lowest BCUT2D eigenvalue weighted by Crippen LogP contribution is -2.47. The zero-order chi connectivity index (χ0) is 13.2. The fraction of sp³-hybridized carbons (Fsp3) is 0.500. The van der Waals surface area contributed by atoms with Crippen molar-refractivity contribution in [2.24, 2.45) is 5.41 Å². The Kier molecular flexibility index (Phi) is 3.93. The highest BCUT2D eigenvalue weighted by Gasteiger charge is 2.28. The standard InChI is InChI=1S/C14H19ClN2O/c1-14(2)9-16-8-7-13(18)17(10-14)12-6-4-3-5-11(12)15/h3-6,16H,7-10H2,1-2H3. The van der Waals surface area contributed by atoms with E-state index in [0.717, 1.165) is 18.8 Å². The molecule has 4 heteroatoms. The minimum atomic E-state index is 0.0370. The van der Waals surface area contributed by atoms with Gasteiger partial charge in [0.25, 0.3) is 0 Å². The summed E-state index contributed by atoms with van der Waals surface area (Å²) in [6.45, 7) is 6.62. The molecule has 0 radical (unpaired) electrons. The van der Waals surface area contributed by atoms with Gasteiger partial charge < -0.3 is 10.2 Å². The predicted octanol–water partition coefficient (Wildman–Crippen LogP) is 2.69. The summed E-state index contributed by atoms with van der Waals surface area (Å²) in [5.74, 6) is 0.128. The molecule has 1 amide bonds. The summed E-state index contributed by atoms with van der Waals surface area (Å²) in [6, 6.07) is 7.53. The highest BCUT2D eigenvalue weighted by Crippen LogP contribution is 2.29. The van der Waals surface area contributed by atoms with Gasteiger partial charge in [0.05, 0.1) is 10.7 Å². The first-order chi connectivity index (χ1) is 8.49. The lowest BCUT2D eigenvalue weighted by Gasteiger charge is -2.35. The van der Waals surface area contributed by atoms with Crippen molar-refractivity contribution in [3.63, 3.8) is 0 Å². The zero-order valence-corrected chi connectivity index (χ0v) is 11.6. The summed E-state index contributed by atoms with van der Waals surface area (Å²) in [4.78, 5) is 14.1. The Morgan fingerprint density at radius 3 is 2.78 bits per heavy atom. The van der Waals surface area contributed by atoms with Crippen LogP contribution in [0.2, 0.25) is 5.02 Å². The Bertz CT molecular complexity index is 445. The molecule has 0 unspecified atom stereocenters. The Labute approximate surface area is 113 Å². The molecule has 98 valence electrons. The van der Waals surface area contributed by atoms with Crippen LogP contribution < -0.4 is 10.2 Å². The van der Waals surface area contributed by atoms with Crippen molar-refractivity contribution in [1.82, 2.24) is 5.32 Å². The first kappa shape index (κ1) is 13.4. The van der Waals surface area contributed by atoms with Crippen LogP contribution in [0.25, 0.3) is 0 Å². The average Bonchev–Trinajstić information content (AvgIpc) is 2.31. The molecule has 1 aromatic rings. The monoisotopic (exact) mass is 266 g/mol. The number of carbonyl (C=O) groups is 1. The Morgan fingerprint density at radius 2 is 2.06 bits per heavy atom. The molecular weight excluding hydrogens is 248 g/mol. The summed E-state index contributed by atoms with van der Waals surface area (Å²) in [7, 11) is 0. The van der Waals surface area contributed by atoms with E-state index in [1.807, 2.05) is 29.2 Å². The van der Waals surface area contributed by atoms with Crippen LogP contribution in [0.1, 0.15) is 20.3 Å². The van der Waals surface area contributed by atoms with Gasteiger partial charge in [-0.25, -0.2) is 0 Å². The van der Waals surface area contributed by atoms with Crippen molar-refractivity contribution in [2.75, 3.05) is 24.5 Å². The van der Waals surface area contributed by atoms with E-state index in [2.05, 4.69) is 19.2 Å². The second-order valence-corrected chi connectivity index (χ2v) is 5.93. The maximum absolute atomic E-state index is 12.2. The predicted molar refractivity (Wildman–Crippen MR) is 75.1 cm³/mol. The SMILES string of the molecule is CC1(C)CNCCC(=O)N(c2ccccc2Cl)C1. The molecule has 18 heavy (non-hydrogen) atoms. The van der Waals surface area contributed by atoms with Crippen LogP contribution in [0.5, 0.6) is 0 Å². The van der Waals surface area contributed by atoms with Gasteiger partial charge in [0.1, 0.15) is 0 Å². The number of nitrogens with one attached hydrogen (secondary N) is 1. The Hall–Kier alpha value is -1.06.